The molecule has 3 rings (SSSR count). The molecule has 2 amide bonds. The zero-order valence-electron chi connectivity index (χ0n) is 16.0. The third kappa shape index (κ3) is 5.51. The van der Waals surface area contributed by atoms with Crippen LogP contribution in [0.4, 0.5) is 4.39 Å². The van der Waals surface area contributed by atoms with Crippen LogP contribution < -0.4 is 5.32 Å². The van der Waals surface area contributed by atoms with E-state index in [-0.39, 0.29) is 24.4 Å². The Hall–Kier alpha value is -1.95. The number of nitrogens with zero attached hydrogens (tertiary/aromatic N) is 2. The van der Waals surface area contributed by atoms with Crippen LogP contribution in [0.2, 0.25) is 0 Å². The lowest BCUT2D eigenvalue weighted by atomic mass is 9.98. The second-order valence-corrected chi connectivity index (χ2v) is 7.56. The summed E-state index contributed by atoms with van der Waals surface area (Å²) >= 11 is 0. The van der Waals surface area contributed by atoms with Gasteiger partial charge < -0.3 is 15.1 Å². The number of benzene rings is 1. The molecule has 2 fully saturated rings. The predicted molar refractivity (Wildman–Crippen MR) is 103 cm³/mol. The minimum atomic E-state index is -0.542. The van der Waals surface area contributed by atoms with Gasteiger partial charge in [-0.15, -0.1) is 0 Å². The molecule has 6 heteroatoms. The first-order chi connectivity index (χ1) is 13.1. The number of carbonyl (C=O) groups excluding carboxylic acids is 2. The van der Waals surface area contributed by atoms with Gasteiger partial charge in [0.2, 0.25) is 5.91 Å². The number of likely N-dealkylation sites (tertiary alicyclic amines) is 2. The molecule has 1 atom stereocenters. The molecule has 5 nitrogen and oxygen atoms in total. The molecule has 2 aliphatic heterocycles. The molecule has 0 aromatic heterocycles. The Bertz CT molecular complexity index is 646. The molecule has 0 bridgehead atoms. The standard InChI is InChI=1S/C21H30FN3O2/c22-19-9-2-1-8-18(19)21(27)23-12-10-20(26)25-15-4-3-7-17(25)11-16-24-13-5-6-14-24/h1-2,8-9,17H,3-7,10-16H2,(H,23,27)/t17-/m1/s1. The zero-order chi connectivity index (χ0) is 19.1. The molecule has 1 N–H and O–H groups in total. The van der Waals surface area contributed by atoms with Crippen molar-refractivity contribution in [2.24, 2.45) is 0 Å². The second-order valence-electron chi connectivity index (χ2n) is 7.56. The maximum Gasteiger partial charge on any atom is 0.254 e. The van der Waals surface area contributed by atoms with Crippen LogP contribution in [0, 0.1) is 5.82 Å². The minimum Gasteiger partial charge on any atom is -0.351 e. The van der Waals surface area contributed by atoms with Crippen molar-refractivity contribution in [3.05, 3.63) is 35.6 Å². The first-order valence-electron chi connectivity index (χ1n) is 10.2. The molecule has 0 spiro atoms. The Morgan fingerprint density at radius 2 is 1.81 bits per heavy atom. The SMILES string of the molecule is O=C(NCCC(=O)N1CCCC[C@@H]1CCN1CCCC1)c1ccccc1F. The minimum absolute atomic E-state index is 0.0198. The first-order valence-corrected chi connectivity index (χ1v) is 10.2. The van der Waals surface area contributed by atoms with Crippen molar-refractivity contribution in [1.29, 1.82) is 0 Å². The van der Waals surface area contributed by atoms with E-state index in [1.54, 1.807) is 12.1 Å². The van der Waals surface area contributed by atoms with Gasteiger partial charge in [0.1, 0.15) is 5.82 Å². The van der Waals surface area contributed by atoms with Crippen LogP contribution in [-0.2, 0) is 4.79 Å². The normalized spacial score (nSPS) is 20.6. The van der Waals surface area contributed by atoms with E-state index in [0.717, 1.165) is 32.4 Å². The van der Waals surface area contributed by atoms with E-state index in [1.807, 2.05) is 4.90 Å². The molecule has 0 unspecified atom stereocenters. The lowest BCUT2D eigenvalue weighted by Crippen LogP contribution is -2.46. The van der Waals surface area contributed by atoms with Gasteiger partial charge in [-0.2, -0.15) is 0 Å². The third-order valence-electron chi connectivity index (χ3n) is 5.67. The van der Waals surface area contributed by atoms with E-state index < -0.39 is 11.7 Å². The first kappa shape index (κ1) is 19.8. The second kappa shape index (κ2) is 9.83. The molecule has 2 heterocycles. The number of piperidine rings is 1. The fourth-order valence-corrected chi connectivity index (χ4v) is 4.13. The van der Waals surface area contributed by atoms with Crippen molar-refractivity contribution < 1.29 is 14.0 Å². The molecule has 0 saturated carbocycles. The molecular formula is C21H30FN3O2. The molecule has 2 aliphatic rings. The number of amides is 2. The van der Waals surface area contributed by atoms with Crippen LogP contribution >= 0.6 is 0 Å². The highest BCUT2D eigenvalue weighted by Gasteiger charge is 2.27. The Morgan fingerprint density at radius 3 is 2.59 bits per heavy atom. The molecule has 1 aromatic carbocycles. The van der Waals surface area contributed by atoms with Gasteiger partial charge in [0.05, 0.1) is 5.56 Å². The largest absolute Gasteiger partial charge is 0.351 e. The van der Waals surface area contributed by atoms with E-state index in [2.05, 4.69) is 10.2 Å². The van der Waals surface area contributed by atoms with Gasteiger partial charge in [0.25, 0.3) is 5.91 Å². The van der Waals surface area contributed by atoms with Crippen LogP contribution in [-0.4, -0.2) is 60.4 Å². The number of hydrogen-bond donors (Lipinski definition) is 1. The maximum atomic E-state index is 13.6. The highest BCUT2D eigenvalue weighted by atomic mass is 19.1. The number of hydrogen-bond acceptors (Lipinski definition) is 3. The van der Waals surface area contributed by atoms with Gasteiger partial charge in [-0.25, -0.2) is 4.39 Å². The molecule has 0 aliphatic carbocycles. The summed E-state index contributed by atoms with van der Waals surface area (Å²) in [6, 6.07) is 6.20. The zero-order valence-corrected chi connectivity index (χ0v) is 16.0. The van der Waals surface area contributed by atoms with E-state index >= 15 is 0 Å². The smallest absolute Gasteiger partial charge is 0.254 e. The third-order valence-corrected chi connectivity index (χ3v) is 5.67. The lowest BCUT2D eigenvalue weighted by molar-refractivity contribution is -0.134. The van der Waals surface area contributed by atoms with Crippen molar-refractivity contribution in [1.82, 2.24) is 15.1 Å². The van der Waals surface area contributed by atoms with Crippen LogP contribution in [0.25, 0.3) is 0 Å². The molecule has 1 aromatic rings. The Balaban J connectivity index is 1.45. The number of nitrogens with one attached hydrogen (secondary N) is 1. The molecule has 148 valence electrons. The summed E-state index contributed by atoms with van der Waals surface area (Å²) in [4.78, 5) is 29.2. The average Bonchev–Trinajstić information content (AvgIpc) is 3.20. The number of rotatable bonds is 7. The summed E-state index contributed by atoms with van der Waals surface area (Å²) in [5.41, 5.74) is 0.0198. The van der Waals surface area contributed by atoms with E-state index in [1.165, 1.54) is 44.5 Å². The van der Waals surface area contributed by atoms with Crippen LogP contribution in [0.1, 0.15) is 55.3 Å². The summed E-state index contributed by atoms with van der Waals surface area (Å²) in [5.74, 6) is -0.917. The van der Waals surface area contributed by atoms with Crippen molar-refractivity contribution in [2.45, 2.75) is 51.0 Å². The van der Waals surface area contributed by atoms with E-state index in [0.29, 0.717) is 6.04 Å². The predicted octanol–water partition coefficient (Wildman–Crippen LogP) is 2.81. The van der Waals surface area contributed by atoms with Gasteiger partial charge in [-0.1, -0.05) is 12.1 Å². The van der Waals surface area contributed by atoms with Crippen molar-refractivity contribution >= 4 is 11.8 Å². The van der Waals surface area contributed by atoms with E-state index in [4.69, 9.17) is 0 Å². The fourth-order valence-electron chi connectivity index (χ4n) is 4.13. The fraction of sp³-hybridized carbons (Fsp3) is 0.619. The van der Waals surface area contributed by atoms with Gasteiger partial charge in [0, 0.05) is 32.1 Å². The Labute approximate surface area is 160 Å². The van der Waals surface area contributed by atoms with Gasteiger partial charge in [-0.3, -0.25) is 9.59 Å². The van der Waals surface area contributed by atoms with E-state index in [9.17, 15) is 14.0 Å². The topological polar surface area (TPSA) is 52.7 Å². The van der Waals surface area contributed by atoms with Gasteiger partial charge in [-0.05, 0) is 63.7 Å². The Kier molecular flexibility index (Phi) is 7.21. The monoisotopic (exact) mass is 375 g/mol. The van der Waals surface area contributed by atoms with Crippen LogP contribution in [0.15, 0.2) is 24.3 Å². The average molecular weight is 375 g/mol. The van der Waals surface area contributed by atoms with Crippen molar-refractivity contribution in [2.75, 3.05) is 32.7 Å². The highest BCUT2D eigenvalue weighted by Crippen LogP contribution is 2.21. The highest BCUT2D eigenvalue weighted by molar-refractivity contribution is 5.94. The number of halogens is 1. The van der Waals surface area contributed by atoms with Crippen molar-refractivity contribution in [3.8, 4) is 0 Å². The van der Waals surface area contributed by atoms with Crippen LogP contribution in [0.3, 0.4) is 0 Å². The maximum absolute atomic E-state index is 13.6. The summed E-state index contributed by atoms with van der Waals surface area (Å²) in [5, 5.41) is 2.67. The molecule has 2 saturated heterocycles. The Morgan fingerprint density at radius 1 is 1.07 bits per heavy atom. The molecule has 0 radical (unpaired) electrons. The summed E-state index contributed by atoms with van der Waals surface area (Å²) in [6.45, 7) is 4.48. The summed E-state index contributed by atoms with van der Waals surface area (Å²) < 4.78 is 13.6. The van der Waals surface area contributed by atoms with Crippen LogP contribution in [0.5, 0.6) is 0 Å². The van der Waals surface area contributed by atoms with Crippen molar-refractivity contribution in [3.63, 3.8) is 0 Å². The van der Waals surface area contributed by atoms with Gasteiger partial charge in [0.15, 0.2) is 0 Å². The summed E-state index contributed by atoms with van der Waals surface area (Å²) in [7, 11) is 0. The lowest BCUT2D eigenvalue weighted by Gasteiger charge is -2.37. The quantitative estimate of drug-likeness (QED) is 0.797. The number of carbonyl (C=O) groups is 2. The summed E-state index contributed by atoms with van der Waals surface area (Å²) in [6.07, 6.45) is 7.17. The van der Waals surface area contributed by atoms with Gasteiger partial charge >= 0.3 is 0 Å². The molecular weight excluding hydrogens is 345 g/mol. The molecule has 27 heavy (non-hydrogen) atoms.